The number of esters is 2. The molecule has 0 N–H and O–H groups in total. The number of rotatable bonds is 6. The van der Waals surface area contributed by atoms with Crippen molar-refractivity contribution in [2.24, 2.45) is 11.8 Å². The molecular weight excluding hydrogens is 423 g/mol. The Morgan fingerprint density at radius 2 is 1.03 bits per heavy atom. The molecule has 2 aromatic rings. The Hall–Kier alpha value is -2.56. The summed E-state index contributed by atoms with van der Waals surface area (Å²) in [6.07, 6.45) is 3.70. The second kappa shape index (κ2) is 9.96. The number of carbonyl (C=O) groups is 2. The molecule has 0 saturated carbocycles. The van der Waals surface area contributed by atoms with Crippen LogP contribution >= 0.6 is 23.2 Å². The Balaban J connectivity index is 2.17. The molecule has 156 valence electrons. The molecule has 0 saturated heterocycles. The van der Waals surface area contributed by atoms with Gasteiger partial charge in [-0.3, -0.25) is 9.59 Å². The third-order valence-electron chi connectivity index (χ3n) is 4.88. The fourth-order valence-corrected chi connectivity index (χ4v) is 3.82. The van der Waals surface area contributed by atoms with Crippen LogP contribution in [0, 0.1) is 11.8 Å². The van der Waals surface area contributed by atoms with Crippen LogP contribution in [0.2, 0.25) is 10.0 Å². The summed E-state index contributed by atoms with van der Waals surface area (Å²) in [7, 11) is 0. The van der Waals surface area contributed by atoms with E-state index in [4.69, 9.17) is 32.7 Å². The number of carbonyl (C=O) groups excluding carboxylic acids is 2. The van der Waals surface area contributed by atoms with Crippen LogP contribution in [-0.4, -0.2) is 25.2 Å². The molecular formula is C24H22Cl2O4. The van der Waals surface area contributed by atoms with Crippen LogP contribution in [0.4, 0.5) is 0 Å². The normalized spacial score (nSPS) is 18.3. The summed E-state index contributed by atoms with van der Waals surface area (Å²) in [6, 6.07) is 14.3. The lowest BCUT2D eigenvalue weighted by atomic mass is 9.73. The minimum Gasteiger partial charge on any atom is -0.465 e. The predicted octanol–water partition coefficient (Wildman–Crippen LogP) is 5.83. The molecule has 4 nitrogen and oxygen atoms in total. The molecule has 0 bridgehead atoms. The number of allylic oxidation sites excluding steroid dienone is 2. The second-order valence-electron chi connectivity index (χ2n) is 6.72. The largest absolute Gasteiger partial charge is 0.465 e. The standard InChI is InChI=1S/C24H22Cl2O4/c1-3-29-23(27)21-19(15-5-9-17(25)10-6-15)13-14-20(22(21)24(28)30-4-2)16-7-11-18(26)12-8-16/h5-14,21-22H,3-4H2,1-2H3. The molecule has 0 aromatic heterocycles. The van der Waals surface area contributed by atoms with Crippen molar-refractivity contribution in [1.29, 1.82) is 0 Å². The fraction of sp³-hybridized carbons (Fsp3) is 0.250. The molecule has 1 aliphatic rings. The van der Waals surface area contributed by atoms with Crippen molar-refractivity contribution < 1.29 is 19.1 Å². The fourth-order valence-electron chi connectivity index (χ4n) is 3.57. The molecule has 3 rings (SSSR count). The molecule has 0 radical (unpaired) electrons. The SMILES string of the molecule is CCOC(=O)C1C(c2ccc(Cl)cc2)=CC=C(c2ccc(Cl)cc2)C1C(=O)OCC. The van der Waals surface area contributed by atoms with Crippen molar-refractivity contribution in [3.63, 3.8) is 0 Å². The first-order valence-corrected chi connectivity index (χ1v) is 10.5. The molecule has 2 unspecified atom stereocenters. The van der Waals surface area contributed by atoms with Crippen molar-refractivity contribution in [1.82, 2.24) is 0 Å². The van der Waals surface area contributed by atoms with Crippen molar-refractivity contribution in [2.45, 2.75) is 13.8 Å². The summed E-state index contributed by atoms with van der Waals surface area (Å²) in [5.74, 6) is -2.64. The summed E-state index contributed by atoms with van der Waals surface area (Å²) >= 11 is 12.1. The van der Waals surface area contributed by atoms with E-state index in [1.54, 1.807) is 38.1 Å². The van der Waals surface area contributed by atoms with E-state index in [2.05, 4.69) is 0 Å². The van der Waals surface area contributed by atoms with E-state index in [9.17, 15) is 9.59 Å². The van der Waals surface area contributed by atoms with E-state index in [1.807, 2.05) is 36.4 Å². The van der Waals surface area contributed by atoms with Crippen molar-refractivity contribution in [2.75, 3.05) is 13.2 Å². The van der Waals surface area contributed by atoms with Crippen LogP contribution in [0.25, 0.3) is 11.1 Å². The number of benzene rings is 2. The van der Waals surface area contributed by atoms with Crippen LogP contribution in [0.3, 0.4) is 0 Å². The molecule has 0 aliphatic heterocycles. The molecule has 6 heteroatoms. The van der Waals surface area contributed by atoms with Gasteiger partial charge in [0.15, 0.2) is 0 Å². The van der Waals surface area contributed by atoms with Gasteiger partial charge in [0, 0.05) is 10.0 Å². The summed E-state index contributed by atoms with van der Waals surface area (Å²) in [5, 5.41) is 1.17. The number of hydrogen-bond acceptors (Lipinski definition) is 4. The highest BCUT2D eigenvalue weighted by molar-refractivity contribution is 6.30. The summed E-state index contributed by atoms with van der Waals surface area (Å²) in [5.41, 5.74) is 2.94. The zero-order valence-corrected chi connectivity index (χ0v) is 18.2. The molecule has 0 heterocycles. The van der Waals surface area contributed by atoms with Gasteiger partial charge in [-0.05, 0) is 60.4 Å². The molecule has 2 atom stereocenters. The molecule has 2 aromatic carbocycles. The van der Waals surface area contributed by atoms with Gasteiger partial charge in [-0.25, -0.2) is 0 Å². The average Bonchev–Trinajstić information content (AvgIpc) is 2.74. The number of hydrogen-bond donors (Lipinski definition) is 0. The Kier molecular flexibility index (Phi) is 7.35. The molecule has 1 aliphatic carbocycles. The topological polar surface area (TPSA) is 52.6 Å². The van der Waals surface area contributed by atoms with Gasteiger partial charge >= 0.3 is 11.9 Å². The maximum absolute atomic E-state index is 13.1. The van der Waals surface area contributed by atoms with Crippen LogP contribution < -0.4 is 0 Å². The third-order valence-corrected chi connectivity index (χ3v) is 5.39. The smallest absolute Gasteiger partial charge is 0.314 e. The van der Waals surface area contributed by atoms with Crippen LogP contribution in [0.5, 0.6) is 0 Å². The van der Waals surface area contributed by atoms with Crippen molar-refractivity contribution in [3.8, 4) is 0 Å². The maximum Gasteiger partial charge on any atom is 0.314 e. The minimum atomic E-state index is -0.846. The van der Waals surface area contributed by atoms with Crippen LogP contribution in [0.15, 0.2) is 60.7 Å². The summed E-state index contributed by atoms with van der Waals surface area (Å²) < 4.78 is 10.7. The Morgan fingerprint density at radius 3 is 1.33 bits per heavy atom. The van der Waals surface area contributed by atoms with Crippen molar-refractivity contribution in [3.05, 3.63) is 81.9 Å². The monoisotopic (exact) mass is 444 g/mol. The van der Waals surface area contributed by atoms with E-state index in [0.717, 1.165) is 11.1 Å². The molecule has 0 fully saturated rings. The van der Waals surface area contributed by atoms with Gasteiger partial charge in [0.1, 0.15) is 0 Å². The average molecular weight is 445 g/mol. The van der Waals surface area contributed by atoms with Crippen LogP contribution in [0.1, 0.15) is 25.0 Å². The highest BCUT2D eigenvalue weighted by Crippen LogP contribution is 2.43. The van der Waals surface area contributed by atoms with Gasteiger partial charge < -0.3 is 9.47 Å². The zero-order valence-electron chi connectivity index (χ0n) is 16.7. The molecule has 30 heavy (non-hydrogen) atoms. The van der Waals surface area contributed by atoms with Gasteiger partial charge in [0.05, 0.1) is 25.0 Å². The lowest BCUT2D eigenvalue weighted by molar-refractivity contribution is -0.155. The van der Waals surface area contributed by atoms with E-state index < -0.39 is 23.8 Å². The first-order chi connectivity index (χ1) is 14.5. The zero-order chi connectivity index (χ0) is 21.7. The summed E-state index contributed by atoms with van der Waals surface area (Å²) in [4.78, 5) is 26.1. The lowest BCUT2D eigenvalue weighted by Crippen LogP contribution is -2.36. The van der Waals surface area contributed by atoms with E-state index in [-0.39, 0.29) is 13.2 Å². The van der Waals surface area contributed by atoms with Gasteiger partial charge in [0.25, 0.3) is 0 Å². The lowest BCUT2D eigenvalue weighted by Gasteiger charge is -2.31. The van der Waals surface area contributed by atoms with E-state index in [1.165, 1.54) is 0 Å². The van der Waals surface area contributed by atoms with Gasteiger partial charge in [-0.1, -0.05) is 59.6 Å². The quantitative estimate of drug-likeness (QED) is 0.525. The number of halogens is 2. The Labute approximate surface area is 186 Å². The predicted molar refractivity (Wildman–Crippen MR) is 119 cm³/mol. The maximum atomic E-state index is 13.1. The Bertz CT molecular complexity index is 894. The van der Waals surface area contributed by atoms with Crippen LogP contribution in [-0.2, 0) is 19.1 Å². The summed E-state index contributed by atoms with van der Waals surface area (Å²) in [6.45, 7) is 3.89. The first-order valence-electron chi connectivity index (χ1n) is 9.73. The highest BCUT2D eigenvalue weighted by Gasteiger charge is 2.43. The number of ether oxygens (including phenoxy) is 2. The highest BCUT2D eigenvalue weighted by atomic mass is 35.5. The third kappa shape index (κ3) is 4.77. The van der Waals surface area contributed by atoms with Gasteiger partial charge in [-0.15, -0.1) is 0 Å². The molecule has 0 amide bonds. The van der Waals surface area contributed by atoms with Gasteiger partial charge in [0.2, 0.25) is 0 Å². The van der Waals surface area contributed by atoms with Crippen molar-refractivity contribution >= 4 is 46.3 Å². The minimum absolute atomic E-state index is 0.207. The van der Waals surface area contributed by atoms with Gasteiger partial charge in [-0.2, -0.15) is 0 Å². The first kappa shape index (κ1) is 22.1. The Morgan fingerprint density at radius 1 is 0.700 bits per heavy atom. The molecule has 0 spiro atoms. The van der Waals surface area contributed by atoms with E-state index in [0.29, 0.717) is 21.2 Å². The second-order valence-corrected chi connectivity index (χ2v) is 7.59. The van der Waals surface area contributed by atoms with E-state index >= 15 is 0 Å².